The Labute approximate surface area is 157 Å². The van der Waals surface area contributed by atoms with Gasteiger partial charge in [0.15, 0.2) is 0 Å². The zero-order chi connectivity index (χ0) is 17.4. The van der Waals surface area contributed by atoms with E-state index in [4.69, 9.17) is 4.74 Å². The number of hydrogen-bond donors (Lipinski definition) is 0. The molecule has 0 radical (unpaired) electrons. The molecule has 0 bridgehead atoms. The van der Waals surface area contributed by atoms with E-state index in [0.717, 1.165) is 18.4 Å². The fraction of sp³-hybridized carbons (Fsp3) is 0.773. The number of nitrogens with zero attached hydrogens (tertiary/aromatic N) is 3. The highest BCUT2D eigenvalue weighted by atomic mass is 16.5. The van der Waals surface area contributed by atoms with Gasteiger partial charge < -0.3 is 14.5 Å². The number of aromatic nitrogens is 1. The lowest BCUT2D eigenvalue weighted by atomic mass is 9.77. The Morgan fingerprint density at radius 1 is 1.08 bits per heavy atom. The molecule has 0 N–H and O–H groups in total. The molecule has 4 heteroatoms. The molecule has 1 spiro atoms. The minimum absolute atomic E-state index is 0.485. The number of likely N-dealkylation sites (tertiary alicyclic amines) is 2. The molecule has 2 atom stereocenters. The summed E-state index contributed by atoms with van der Waals surface area (Å²) in [5, 5.41) is 0. The zero-order valence-corrected chi connectivity index (χ0v) is 16.0. The van der Waals surface area contributed by atoms with Crippen LogP contribution in [0.5, 0.6) is 0 Å². The van der Waals surface area contributed by atoms with Crippen LogP contribution >= 0.6 is 0 Å². The van der Waals surface area contributed by atoms with Crippen LogP contribution in [-0.4, -0.2) is 60.7 Å². The Morgan fingerprint density at radius 3 is 2.58 bits per heavy atom. The summed E-state index contributed by atoms with van der Waals surface area (Å²) in [5.41, 5.74) is 1.68. The van der Waals surface area contributed by atoms with Gasteiger partial charge >= 0.3 is 0 Å². The van der Waals surface area contributed by atoms with Gasteiger partial charge in [-0.15, -0.1) is 0 Å². The molecule has 1 aromatic heterocycles. The van der Waals surface area contributed by atoms with Crippen molar-refractivity contribution in [2.75, 3.05) is 45.9 Å². The topological polar surface area (TPSA) is 28.6 Å². The molecule has 26 heavy (non-hydrogen) atoms. The average Bonchev–Trinajstić information content (AvgIpc) is 3.56. The molecule has 2 aliphatic heterocycles. The number of hydrogen-bond acceptors (Lipinski definition) is 4. The lowest BCUT2D eigenvalue weighted by Gasteiger charge is -2.30. The van der Waals surface area contributed by atoms with Crippen LogP contribution in [0.15, 0.2) is 24.5 Å². The van der Waals surface area contributed by atoms with Gasteiger partial charge in [-0.3, -0.25) is 4.98 Å². The highest BCUT2D eigenvalue weighted by molar-refractivity contribution is 5.07. The first-order chi connectivity index (χ1) is 12.8. The van der Waals surface area contributed by atoms with Crippen molar-refractivity contribution in [1.29, 1.82) is 0 Å². The lowest BCUT2D eigenvalue weighted by molar-refractivity contribution is 0.0516. The average molecular weight is 356 g/mol. The molecule has 4 nitrogen and oxygen atoms in total. The van der Waals surface area contributed by atoms with E-state index in [1.807, 2.05) is 18.5 Å². The third-order valence-corrected chi connectivity index (χ3v) is 7.08. The zero-order valence-electron chi connectivity index (χ0n) is 16.0. The maximum Gasteiger partial charge on any atom is 0.0731 e. The van der Waals surface area contributed by atoms with Gasteiger partial charge in [-0.2, -0.15) is 0 Å². The van der Waals surface area contributed by atoms with Gasteiger partial charge in [0.05, 0.1) is 13.2 Å². The van der Waals surface area contributed by atoms with Crippen molar-refractivity contribution in [1.82, 2.24) is 14.8 Å². The van der Waals surface area contributed by atoms with Gasteiger partial charge in [-0.1, -0.05) is 6.07 Å². The molecule has 4 fully saturated rings. The van der Waals surface area contributed by atoms with Gasteiger partial charge in [-0.05, 0) is 62.1 Å². The van der Waals surface area contributed by atoms with Crippen LogP contribution in [-0.2, 0) is 11.3 Å². The van der Waals surface area contributed by atoms with Gasteiger partial charge in [0.1, 0.15) is 0 Å². The second-order valence-electron chi connectivity index (χ2n) is 9.50. The van der Waals surface area contributed by atoms with E-state index in [9.17, 15) is 0 Å². The first-order valence-corrected chi connectivity index (χ1v) is 10.7. The van der Waals surface area contributed by atoms with Gasteiger partial charge in [0.25, 0.3) is 0 Å². The van der Waals surface area contributed by atoms with E-state index in [1.165, 1.54) is 76.9 Å². The predicted molar refractivity (Wildman–Crippen MR) is 103 cm³/mol. The maximum absolute atomic E-state index is 6.20. The summed E-state index contributed by atoms with van der Waals surface area (Å²) in [6.45, 7) is 9.49. The van der Waals surface area contributed by atoms with E-state index in [0.29, 0.717) is 17.9 Å². The summed E-state index contributed by atoms with van der Waals surface area (Å²) >= 11 is 0. The molecular formula is C22H33N3O. The van der Waals surface area contributed by atoms with Crippen LogP contribution in [0.4, 0.5) is 0 Å². The van der Waals surface area contributed by atoms with Crippen molar-refractivity contribution < 1.29 is 4.74 Å². The molecule has 2 saturated carbocycles. The van der Waals surface area contributed by atoms with Gasteiger partial charge in [-0.25, -0.2) is 0 Å². The molecular weight excluding hydrogens is 322 g/mol. The molecule has 2 aliphatic carbocycles. The van der Waals surface area contributed by atoms with Crippen LogP contribution in [0.2, 0.25) is 0 Å². The Kier molecular flexibility index (Phi) is 4.76. The van der Waals surface area contributed by atoms with Crippen LogP contribution in [0.1, 0.15) is 37.7 Å². The van der Waals surface area contributed by atoms with Crippen LogP contribution < -0.4 is 0 Å². The Bertz CT molecular complexity index is 597. The minimum atomic E-state index is 0.485. The Balaban J connectivity index is 1.20. The number of ether oxygens (including phenoxy) is 1. The largest absolute Gasteiger partial charge is 0.376 e. The summed E-state index contributed by atoms with van der Waals surface area (Å²) in [6.07, 6.45) is 11.0. The highest BCUT2D eigenvalue weighted by Gasteiger charge is 2.51. The molecule has 3 heterocycles. The molecule has 0 amide bonds. The number of rotatable bonds is 8. The molecule has 0 unspecified atom stereocenters. The third kappa shape index (κ3) is 3.97. The van der Waals surface area contributed by atoms with E-state index in [1.54, 1.807) is 0 Å². The molecule has 142 valence electrons. The van der Waals surface area contributed by atoms with E-state index < -0.39 is 0 Å². The fourth-order valence-corrected chi connectivity index (χ4v) is 5.25. The summed E-state index contributed by atoms with van der Waals surface area (Å²) in [4.78, 5) is 9.75. The van der Waals surface area contributed by atoms with E-state index in [2.05, 4.69) is 20.9 Å². The summed E-state index contributed by atoms with van der Waals surface area (Å²) in [7, 11) is 0. The van der Waals surface area contributed by atoms with Crippen molar-refractivity contribution in [3.63, 3.8) is 0 Å². The Morgan fingerprint density at radius 2 is 1.85 bits per heavy atom. The summed E-state index contributed by atoms with van der Waals surface area (Å²) in [5.74, 6) is 2.70. The first-order valence-electron chi connectivity index (χ1n) is 10.7. The Hall–Kier alpha value is -0.970. The molecule has 4 aliphatic rings. The monoisotopic (exact) mass is 355 g/mol. The van der Waals surface area contributed by atoms with E-state index in [-0.39, 0.29) is 0 Å². The highest BCUT2D eigenvalue weighted by Crippen LogP contribution is 2.46. The van der Waals surface area contributed by atoms with Crippen molar-refractivity contribution in [2.45, 2.75) is 38.7 Å². The second kappa shape index (κ2) is 7.21. The quantitative estimate of drug-likeness (QED) is 0.717. The number of pyridine rings is 1. The summed E-state index contributed by atoms with van der Waals surface area (Å²) < 4.78 is 6.20. The molecule has 1 aromatic rings. The van der Waals surface area contributed by atoms with Gasteiger partial charge in [0.2, 0.25) is 0 Å². The van der Waals surface area contributed by atoms with E-state index >= 15 is 0 Å². The fourth-order valence-electron chi connectivity index (χ4n) is 5.25. The van der Waals surface area contributed by atoms with Crippen molar-refractivity contribution in [3.05, 3.63) is 30.1 Å². The smallest absolute Gasteiger partial charge is 0.0731 e. The molecule has 5 rings (SSSR count). The normalized spacial score (nSPS) is 32.7. The van der Waals surface area contributed by atoms with Crippen molar-refractivity contribution in [2.24, 2.45) is 23.2 Å². The van der Waals surface area contributed by atoms with Crippen LogP contribution in [0, 0.1) is 23.2 Å². The summed E-state index contributed by atoms with van der Waals surface area (Å²) in [6, 6.07) is 4.11. The van der Waals surface area contributed by atoms with Gasteiger partial charge in [0, 0.05) is 56.5 Å². The minimum Gasteiger partial charge on any atom is -0.376 e. The molecule has 0 aromatic carbocycles. The first kappa shape index (κ1) is 17.2. The predicted octanol–water partition coefficient (Wildman–Crippen LogP) is 3.04. The lowest BCUT2D eigenvalue weighted by Crippen LogP contribution is -2.37. The second-order valence-corrected chi connectivity index (χ2v) is 9.50. The third-order valence-electron chi connectivity index (χ3n) is 7.08. The standard InChI is InChI=1S/C22H33N3O/c1-2-20(10-23-8-1)14-26-15-21-13-25(12-19-5-6-19)17-22(21)7-9-24(16-22)11-18-3-4-18/h1-2,8,10,18-19,21H,3-7,9,11-17H2/t21-,22-/m0/s1. The molecule has 2 saturated heterocycles. The van der Waals surface area contributed by atoms with Crippen molar-refractivity contribution >= 4 is 0 Å². The maximum atomic E-state index is 6.20. The van der Waals surface area contributed by atoms with Crippen LogP contribution in [0.25, 0.3) is 0 Å². The van der Waals surface area contributed by atoms with Crippen molar-refractivity contribution in [3.8, 4) is 0 Å². The van der Waals surface area contributed by atoms with Crippen LogP contribution in [0.3, 0.4) is 0 Å². The SMILES string of the molecule is c1cncc(COC[C@@H]2CN(CC3CC3)C[C@@]23CCN(CC2CC2)C3)c1.